The first-order chi connectivity index (χ1) is 9.52. The second kappa shape index (κ2) is 4.54. The van der Waals surface area contributed by atoms with Crippen molar-refractivity contribution in [3.8, 4) is 5.75 Å². The topological polar surface area (TPSA) is 41.6 Å². The van der Waals surface area contributed by atoms with Crippen LogP contribution in [0.4, 0.5) is 10.5 Å². The minimum atomic E-state index is -0.407. The molecule has 0 aliphatic heterocycles. The van der Waals surface area contributed by atoms with Crippen molar-refractivity contribution in [2.24, 2.45) is 0 Å². The number of hydrogen-bond acceptors (Lipinski definition) is 3. The van der Waals surface area contributed by atoms with Gasteiger partial charge >= 0.3 is 6.09 Å². The summed E-state index contributed by atoms with van der Waals surface area (Å²) in [5, 5.41) is 2.52. The first kappa shape index (κ1) is 13.0. The zero-order valence-electron chi connectivity index (χ0n) is 12.4. The molecular formula is C16H20N2O2. The number of carbonyl (C=O) groups is 1. The van der Waals surface area contributed by atoms with E-state index >= 15 is 0 Å². The number of nitrogens with zero attached hydrogens (tertiary/aromatic N) is 1. The molecule has 0 spiro atoms. The van der Waals surface area contributed by atoms with Crippen LogP contribution in [-0.2, 0) is 0 Å². The van der Waals surface area contributed by atoms with Crippen molar-refractivity contribution >= 4 is 11.8 Å². The summed E-state index contributed by atoms with van der Waals surface area (Å²) < 4.78 is 5.47. The first-order valence-electron chi connectivity index (χ1n) is 6.95. The number of rotatable bonds is 2. The number of nitrogens with one attached hydrogen (secondary N) is 1. The number of ether oxygens (including phenoxy) is 1. The van der Waals surface area contributed by atoms with Crippen molar-refractivity contribution in [1.82, 2.24) is 5.32 Å². The van der Waals surface area contributed by atoms with Crippen LogP contribution in [0.2, 0.25) is 0 Å². The molecule has 1 aromatic carbocycles. The maximum atomic E-state index is 11.6. The summed E-state index contributed by atoms with van der Waals surface area (Å²) >= 11 is 0. The van der Waals surface area contributed by atoms with Gasteiger partial charge < -0.3 is 15.0 Å². The van der Waals surface area contributed by atoms with Gasteiger partial charge in [-0.3, -0.25) is 0 Å². The summed E-state index contributed by atoms with van der Waals surface area (Å²) in [7, 11) is 5.71. The molecule has 0 heterocycles. The highest BCUT2D eigenvalue weighted by atomic mass is 16.6. The van der Waals surface area contributed by atoms with E-state index in [1.54, 1.807) is 7.05 Å². The lowest BCUT2D eigenvalue weighted by molar-refractivity contribution is 0.202. The van der Waals surface area contributed by atoms with E-state index in [0.717, 1.165) is 12.0 Å². The minimum absolute atomic E-state index is 0.383. The van der Waals surface area contributed by atoms with E-state index in [0.29, 0.717) is 17.6 Å². The summed E-state index contributed by atoms with van der Waals surface area (Å²) in [5.41, 5.74) is 4.94. The van der Waals surface area contributed by atoms with Crippen molar-refractivity contribution in [3.63, 3.8) is 0 Å². The average molecular weight is 272 g/mol. The largest absolute Gasteiger partial charge is 0.412 e. The Hall–Kier alpha value is -1.97. The van der Waals surface area contributed by atoms with Crippen molar-refractivity contribution in [3.05, 3.63) is 34.9 Å². The molecule has 1 aromatic rings. The zero-order chi connectivity index (χ0) is 14.4. The molecule has 0 aromatic heterocycles. The van der Waals surface area contributed by atoms with Crippen LogP contribution in [0.15, 0.2) is 18.2 Å². The minimum Gasteiger partial charge on any atom is -0.410 e. The van der Waals surface area contributed by atoms with Crippen molar-refractivity contribution in [2.75, 3.05) is 26.0 Å². The molecule has 1 N–H and O–H groups in total. The average Bonchev–Trinajstić information content (AvgIpc) is 2.99. The van der Waals surface area contributed by atoms with Gasteiger partial charge in [0.25, 0.3) is 0 Å². The molecule has 2 unspecified atom stereocenters. The molecule has 2 atom stereocenters. The van der Waals surface area contributed by atoms with Crippen LogP contribution in [0.3, 0.4) is 0 Å². The lowest BCUT2D eigenvalue weighted by atomic mass is 9.91. The van der Waals surface area contributed by atoms with E-state index in [4.69, 9.17) is 4.74 Å². The fourth-order valence-corrected chi connectivity index (χ4v) is 3.53. The third-order valence-corrected chi connectivity index (χ3v) is 4.21. The maximum absolute atomic E-state index is 11.6. The van der Waals surface area contributed by atoms with Gasteiger partial charge in [-0.2, -0.15) is 0 Å². The van der Waals surface area contributed by atoms with Crippen LogP contribution in [0.1, 0.15) is 34.9 Å². The molecule has 20 heavy (non-hydrogen) atoms. The van der Waals surface area contributed by atoms with Gasteiger partial charge in [0.15, 0.2) is 0 Å². The van der Waals surface area contributed by atoms with E-state index in [-0.39, 0.29) is 0 Å². The number of allylic oxidation sites excluding steroid dienone is 2. The Morgan fingerprint density at radius 2 is 1.95 bits per heavy atom. The van der Waals surface area contributed by atoms with Gasteiger partial charge in [-0.15, -0.1) is 0 Å². The van der Waals surface area contributed by atoms with Crippen LogP contribution in [-0.4, -0.2) is 27.2 Å². The molecule has 2 aliphatic carbocycles. The number of carbonyl (C=O) groups excluding carboxylic acids is 1. The summed E-state index contributed by atoms with van der Waals surface area (Å²) in [5.74, 6) is 1.55. The van der Waals surface area contributed by atoms with Crippen LogP contribution < -0.4 is 15.0 Å². The number of hydrogen-bond donors (Lipinski definition) is 1. The normalized spacial score (nSPS) is 21.8. The molecule has 2 aliphatic rings. The quantitative estimate of drug-likeness (QED) is 0.842. The van der Waals surface area contributed by atoms with Crippen molar-refractivity contribution in [2.45, 2.75) is 25.2 Å². The van der Waals surface area contributed by atoms with E-state index in [1.165, 1.54) is 16.8 Å². The molecule has 0 saturated carbocycles. The molecule has 4 nitrogen and oxygen atoms in total. The third-order valence-electron chi connectivity index (χ3n) is 4.21. The van der Waals surface area contributed by atoms with Gasteiger partial charge in [-0.25, -0.2) is 4.79 Å². The van der Waals surface area contributed by atoms with Crippen LogP contribution in [0, 0.1) is 6.92 Å². The Balaban J connectivity index is 2.16. The second-order valence-corrected chi connectivity index (χ2v) is 5.74. The standard InChI is InChI=1S/C16H20N2O2/c1-9-7-12(20-16(19)17-2)13-10-5-6-11(8-10)14(13)15(9)18(3)4/h5-7,10-11H,8H2,1-4H3,(H,17,19). The molecule has 3 rings (SSSR count). The van der Waals surface area contributed by atoms with Gasteiger partial charge in [0.2, 0.25) is 0 Å². The lowest BCUT2D eigenvalue weighted by Gasteiger charge is -2.25. The van der Waals surface area contributed by atoms with Crippen LogP contribution >= 0.6 is 0 Å². The van der Waals surface area contributed by atoms with Crippen LogP contribution in [0.5, 0.6) is 5.75 Å². The lowest BCUT2D eigenvalue weighted by Crippen LogP contribution is -2.23. The number of fused-ring (bicyclic) bond motifs is 5. The smallest absolute Gasteiger partial charge is 0.410 e. The fourth-order valence-electron chi connectivity index (χ4n) is 3.53. The van der Waals surface area contributed by atoms with Gasteiger partial charge in [-0.05, 0) is 30.5 Å². The predicted molar refractivity (Wildman–Crippen MR) is 79.8 cm³/mol. The number of aryl methyl sites for hydroxylation is 1. The number of benzene rings is 1. The highest BCUT2D eigenvalue weighted by molar-refractivity contribution is 5.76. The van der Waals surface area contributed by atoms with Gasteiger partial charge in [0, 0.05) is 44.2 Å². The summed E-state index contributed by atoms with van der Waals surface area (Å²) in [6.07, 6.45) is 5.21. The van der Waals surface area contributed by atoms with E-state index in [2.05, 4.69) is 43.4 Å². The Morgan fingerprint density at radius 3 is 2.55 bits per heavy atom. The van der Waals surface area contributed by atoms with Crippen molar-refractivity contribution < 1.29 is 9.53 Å². The highest BCUT2D eigenvalue weighted by Gasteiger charge is 2.38. The molecular weight excluding hydrogens is 252 g/mol. The Labute approximate surface area is 119 Å². The maximum Gasteiger partial charge on any atom is 0.412 e. The van der Waals surface area contributed by atoms with E-state index < -0.39 is 6.09 Å². The highest BCUT2D eigenvalue weighted by Crippen LogP contribution is 2.55. The second-order valence-electron chi connectivity index (χ2n) is 5.74. The van der Waals surface area contributed by atoms with Gasteiger partial charge in [0.1, 0.15) is 5.75 Å². The SMILES string of the molecule is CNC(=O)Oc1cc(C)c(N(C)C)c2c1C1C=CC2C1. The number of amides is 1. The molecule has 2 bridgehead atoms. The molecule has 4 heteroatoms. The first-order valence-corrected chi connectivity index (χ1v) is 6.95. The zero-order valence-corrected chi connectivity index (χ0v) is 12.4. The fraction of sp³-hybridized carbons (Fsp3) is 0.438. The summed E-state index contributed by atoms with van der Waals surface area (Å²) in [4.78, 5) is 13.7. The van der Waals surface area contributed by atoms with E-state index in [1.807, 2.05) is 6.07 Å². The van der Waals surface area contributed by atoms with Gasteiger partial charge in [-0.1, -0.05) is 12.2 Å². The monoisotopic (exact) mass is 272 g/mol. The van der Waals surface area contributed by atoms with E-state index in [9.17, 15) is 4.79 Å². The van der Waals surface area contributed by atoms with Gasteiger partial charge in [0.05, 0.1) is 0 Å². The molecule has 106 valence electrons. The predicted octanol–water partition coefficient (Wildman–Crippen LogP) is 2.92. The van der Waals surface area contributed by atoms with Crippen LogP contribution in [0.25, 0.3) is 0 Å². The Morgan fingerprint density at radius 1 is 1.30 bits per heavy atom. The molecule has 0 radical (unpaired) electrons. The van der Waals surface area contributed by atoms with Crippen molar-refractivity contribution in [1.29, 1.82) is 0 Å². The molecule has 0 saturated heterocycles. The Kier molecular flexibility index (Phi) is 2.96. The molecule has 1 amide bonds. The Bertz CT molecular complexity index is 605. The number of anilines is 1. The summed E-state index contributed by atoms with van der Waals surface area (Å²) in [6.45, 7) is 2.07. The third kappa shape index (κ3) is 1.79. The molecule has 0 fully saturated rings. The summed E-state index contributed by atoms with van der Waals surface area (Å²) in [6, 6.07) is 1.98.